The maximum Gasteiger partial charge on any atom is 0.0485 e. The minimum absolute atomic E-state index is 0.793. The predicted octanol–water partition coefficient (Wildman–Crippen LogP) is 1.48. The molecule has 3 heterocycles. The van der Waals surface area contributed by atoms with E-state index in [0.717, 1.165) is 18.4 Å². The quantitative estimate of drug-likeness (QED) is 0.632. The van der Waals surface area contributed by atoms with Gasteiger partial charge in [0, 0.05) is 36.1 Å². The van der Waals surface area contributed by atoms with E-state index in [9.17, 15) is 0 Å². The van der Waals surface area contributed by atoms with Crippen LogP contribution in [0, 0.1) is 5.92 Å². The van der Waals surface area contributed by atoms with Crippen LogP contribution < -0.4 is 10.6 Å². The molecule has 0 aromatic carbocycles. The van der Waals surface area contributed by atoms with Crippen molar-refractivity contribution in [3.8, 4) is 0 Å². The van der Waals surface area contributed by atoms with Gasteiger partial charge in [-0.1, -0.05) is 0 Å². The maximum absolute atomic E-state index is 3.48. The van der Waals surface area contributed by atoms with Gasteiger partial charge in [-0.15, -0.1) is 11.3 Å². The SMILES string of the molecule is c1cc2c(s1)[C@H]1CNC[C@H]1CN2. The second-order valence-electron chi connectivity index (χ2n) is 3.60. The Labute approximate surface area is 76.0 Å². The van der Waals surface area contributed by atoms with Gasteiger partial charge in [-0.2, -0.15) is 0 Å². The number of thiophene rings is 1. The first-order chi connectivity index (χ1) is 5.95. The van der Waals surface area contributed by atoms with Crippen molar-refractivity contribution in [3.05, 3.63) is 16.3 Å². The molecule has 0 spiro atoms. The molecule has 3 rings (SSSR count). The number of nitrogens with one attached hydrogen (secondary N) is 2. The molecule has 0 radical (unpaired) electrons. The standard InChI is InChI=1S/C9H12N2S/c1-2-12-9-7-5-10-3-6(7)4-11-8(1)9/h1-2,6-7,10-11H,3-5H2/t6-,7-/m0/s1. The highest BCUT2D eigenvalue weighted by Gasteiger charge is 2.33. The summed E-state index contributed by atoms with van der Waals surface area (Å²) in [7, 11) is 0. The van der Waals surface area contributed by atoms with E-state index in [0.29, 0.717) is 0 Å². The summed E-state index contributed by atoms with van der Waals surface area (Å²) in [6.45, 7) is 3.52. The van der Waals surface area contributed by atoms with Crippen molar-refractivity contribution in [3.63, 3.8) is 0 Å². The van der Waals surface area contributed by atoms with Crippen LogP contribution in [0.2, 0.25) is 0 Å². The van der Waals surface area contributed by atoms with Crippen molar-refractivity contribution < 1.29 is 0 Å². The molecule has 2 aliphatic heterocycles. The Morgan fingerprint density at radius 2 is 2.33 bits per heavy atom. The summed E-state index contributed by atoms with van der Waals surface area (Å²) in [6.07, 6.45) is 0. The minimum atomic E-state index is 0.793. The molecule has 2 nitrogen and oxygen atoms in total. The van der Waals surface area contributed by atoms with E-state index in [1.807, 2.05) is 11.3 Å². The Balaban J connectivity index is 2.04. The highest BCUT2D eigenvalue weighted by atomic mass is 32.1. The Hall–Kier alpha value is -0.540. The molecular weight excluding hydrogens is 168 g/mol. The summed E-state index contributed by atoms with van der Waals surface area (Å²) in [5, 5.41) is 9.14. The molecule has 0 bridgehead atoms. The Morgan fingerprint density at radius 1 is 1.33 bits per heavy atom. The molecule has 1 aromatic heterocycles. The third kappa shape index (κ3) is 0.836. The lowest BCUT2D eigenvalue weighted by atomic mass is 9.91. The number of hydrogen-bond donors (Lipinski definition) is 2. The zero-order valence-corrected chi connectivity index (χ0v) is 7.66. The Kier molecular flexibility index (Phi) is 1.43. The van der Waals surface area contributed by atoms with Crippen molar-refractivity contribution in [2.24, 2.45) is 5.92 Å². The fraction of sp³-hybridized carbons (Fsp3) is 0.556. The molecule has 12 heavy (non-hydrogen) atoms. The molecule has 0 unspecified atom stereocenters. The summed E-state index contributed by atoms with van der Waals surface area (Å²) in [4.78, 5) is 1.57. The van der Waals surface area contributed by atoms with Crippen molar-refractivity contribution in [1.29, 1.82) is 0 Å². The molecule has 1 saturated heterocycles. The highest BCUT2D eigenvalue weighted by molar-refractivity contribution is 7.10. The first-order valence-electron chi connectivity index (χ1n) is 4.47. The van der Waals surface area contributed by atoms with Crippen molar-refractivity contribution in [1.82, 2.24) is 5.32 Å². The van der Waals surface area contributed by atoms with Gasteiger partial charge in [-0.25, -0.2) is 0 Å². The molecule has 1 aromatic rings. The lowest BCUT2D eigenvalue weighted by molar-refractivity contribution is 0.537. The van der Waals surface area contributed by atoms with Gasteiger partial charge < -0.3 is 10.6 Å². The summed E-state index contributed by atoms with van der Waals surface area (Å²) in [5.74, 6) is 1.62. The van der Waals surface area contributed by atoms with Crippen LogP contribution in [0.4, 0.5) is 5.69 Å². The van der Waals surface area contributed by atoms with E-state index in [4.69, 9.17) is 0 Å². The highest BCUT2D eigenvalue weighted by Crippen LogP contribution is 2.40. The second-order valence-corrected chi connectivity index (χ2v) is 4.55. The molecule has 0 saturated carbocycles. The summed E-state index contributed by atoms with van der Waals surface area (Å²) in [5.41, 5.74) is 1.38. The summed E-state index contributed by atoms with van der Waals surface area (Å²) in [6, 6.07) is 2.20. The van der Waals surface area contributed by atoms with Crippen LogP contribution in [0.25, 0.3) is 0 Å². The van der Waals surface area contributed by atoms with Crippen molar-refractivity contribution in [2.45, 2.75) is 5.92 Å². The van der Waals surface area contributed by atoms with Crippen LogP contribution in [-0.2, 0) is 0 Å². The minimum Gasteiger partial charge on any atom is -0.384 e. The predicted molar refractivity (Wildman–Crippen MR) is 51.9 cm³/mol. The fourth-order valence-electron chi connectivity index (χ4n) is 2.25. The van der Waals surface area contributed by atoms with E-state index in [-0.39, 0.29) is 0 Å². The number of hydrogen-bond acceptors (Lipinski definition) is 3. The van der Waals surface area contributed by atoms with Crippen LogP contribution in [0.1, 0.15) is 10.8 Å². The lowest BCUT2D eigenvalue weighted by Crippen LogP contribution is -2.25. The van der Waals surface area contributed by atoms with Gasteiger partial charge in [0.05, 0.1) is 0 Å². The number of anilines is 1. The van der Waals surface area contributed by atoms with Gasteiger partial charge in [0.2, 0.25) is 0 Å². The topological polar surface area (TPSA) is 24.1 Å². The smallest absolute Gasteiger partial charge is 0.0485 e. The number of fused-ring (bicyclic) bond motifs is 3. The van der Waals surface area contributed by atoms with Crippen molar-refractivity contribution in [2.75, 3.05) is 25.0 Å². The zero-order valence-electron chi connectivity index (χ0n) is 6.84. The van der Waals surface area contributed by atoms with E-state index < -0.39 is 0 Å². The third-order valence-electron chi connectivity index (χ3n) is 2.93. The van der Waals surface area contributed by atoms with Gasteiger partial charge in [0.25, 0.3) is 0 Å². The van der Waals surface area contributed by atoms with Gasteiger partial charge in [0.1, 0.15) is 0 Å². The average molecular weight is 180 g/mol. The molecule has 2 aliphatic rings. The molecule has 1 fully saturated rings. The molecule has 64 valence electrons. The molecular formula is C9H12N2S. The summed E-state index contributed by atoms with van der Waals surface area (Å²) >= 11 is 1.90. The Bertz CT molecular complexity index is 294. The van der Waals surface area contributed by atoms with Gasteiger partial charge in [-0.05, 0) is 17.4 Å². The van der Waals surface area contributed by atoms with Crippen LogP contribution in [-0.4, -0.2) is 19.6 Å². The number of rotatable bonds is 0. The molecule has 0 aliphatic carbocycles. The van der Waals surface area contributed by atoms with E-state index in [1.165, 1.54) is 18.8 Å². The summed E-state index contributed by atoms with van der Waals surface area (Å²) < 4.78 is 0. The van der Waals surface area contributed by atoms with Gasteiger partial charge in [0.15, 0.2) is 0 Å². The van der Waals surface area contributed by atoms with E-state index >= 15 is 0 Å². The monoisotopic (exact) mass is 180 g/mol. The molecule has 2 N–H and O–H groups in total. The van der Waals surface area contributed by atoms with Crippen LogP contribution in [0.5, 0.6) is 0 Å². The van der Waals surface area contributed by atoms with Crippen molar-refractivity contribution >= 4 is 17.0 Å². The second kappa shape index (κ2) is 2.47. The van der Waals surface area contributed by atoms with Crippen LogP contribution >= 0.6 is 11.3 Å². The average Bonchev–Trinajstić information content (AvgIpc) is 2.71. The fourth-order valence-corrected chi connectivity index (χ4v) is 3.32. The largest absolute Gasteiger partial charge is 0.384 e. The maximum atomic E-state index is 3.48. The lowest BCUT2D eigenvalue weighted by Gasteiger charge is -2.25. The molecule has 0 amide bonds. The Morgan fingerprint density at radius 3 is 3.33 bits per heavy atom. The molecule has 2 atom stereocenters. The van der Waals surface area contributed by atoms with Crippen LogP contribution in [0.15, 0.2) is 11.4 Å². The van der Waals surface area contributed by atoms with Crippen LogP contribution in [0.3, 0.4) is 0 Å². The normalized spacial score (nSPS) is 32.3. The first kappa shape index (κ1) is 6.92. The zero-order chi connectivity index (χ0) is 7.97. The van der Waals surface area contributed by atoms with Gasteiger partial charge in [-0.3, -0.25) is 0 Å². The molecule has 3 heteroatoms. The first-order valence-corrected chi connectivity index (χ1v) is 5.35. The third-order valence-corrected chi connectivity index (χ3v) is 3.98. The van der Waals surface area contributed by atoms with E-state index in [1.54, 1.807) is 4.88 Å². The van der Waals surface area contributed by atoms with Gasteiger partial charge >= 0.3 is 0 Å². The van der Waals surface area contributed by atoms with E-state index in [2.05, 4.69) is 22.1 Å².